The summed E-state index contributed by atoms with van der Waals surface area (Å²) in [5, 5.41) is 9.17. The summed E-state index contributed by atoms with van der Waals surface area (Å²) in [5.74, 6) is 0.612. The Morgan fingerprint density at radius 3 is 2.77 bits per heavy atom. The standard InChI is InChI=1S/C9H12O3S/c1-3-12-8-6-7(10)4-5-9(8)13(2)11/h4-6,10H,3H2,1-2H3/t13-/m0/s1. The minimum atomic E-state index is -1.09. The molecule has 1 rings (SSSR count). The summed E-state index contributed by atoms with van der Waals surface area (Å²) >= 11 is 0. The predicted octanol–water partition coefficient (Wildman–Crippen LogP) is 1.53. The fourth-order valence-corrected chi connectivity index (χ4v) is 1.66. The Kier molecular flexibility index (Phi) is 3.31. The van der Waals surface area contributed by atoms with Crippen molar-refractivity contribution in [2.75, 3.05) is 12.9 Å². The second kappa shape index (κ2) is 4.28. The van der Waals surface area contributed by atoms with Gasteiger partial charge in [-0.05, 0) is 19.1 Å². The van der Waals surface area contributed by atoms with Crippen LogP contribution in [0.4, 0.5) is 0 Å². The Hall–Kier alpha value is -1.03. The highest BCUT2D eigenvalue weighted by atomic mass is 32.2. The number of aromatic hydroxyl groups is 1. The molecule has 0 aliphatic rings. The molecule has 0 bridgehead atoms. The van der Waals surface area contributed by atoms with Gasteiger partial charge in [0.25, 0.3) is 0 Å². The first-order chi connectivity index (χ1) is 6.15. The van der Waals surface area contributed by atoms with Gasteiger partial charge in [-0.3, -0.25) is 4.21 Å². The SMILES string of the molecule is CCOc1cc(O)ccc1[S@](C)=O. The second-order valence-corrected chi connectivity index (χ2v) is 3.87. The van der Waals surface area contributed by atoms with E-state index < -0.39 is 10.8 Å². The number of ether oxygens (including phenoxy) is 1. The molecule has 0 saturated heterocycles. The largest absolute Gasteiger partial charge is 0.508 e. The Labute approximate surface area is 79.8 Å². The smallest absolute Gasteiger partial charge is 0.139 e. The van der Waals surface area contributed by atoms with Crippen LogP contribution in [-0.4, -0.2) is 22.2 Å². The minimum absolute atomic E-state index is 0.123. The maximum absolute atomic E-state index is 11.2. The summed E-state index contributed by atoms with van der Waals surface area (Å²) in [6, 6.07) is 4.58. The van der Waals surface area contributed by atoms with Gasteiger partial charge in [-0.25, -0.2) is 0 Å². The molecule has 0 aromatic heterocycles. The lowest BCUT2D eigenvalue weighted by molar-refractivity contribution is 0.329. The van der Waals surface area contributed by atoms with Gasteiger partial charge in [0.2, 0.25) is 0 Å². The van der Waals surface area contributed by atoms with E-state index in [9.17, 15) is 4.21 Å². The van der Waals surface area contributed by atoms with Crippen LogP contribution in [-0.2, 0) is 10.8 Å². The quantitative estimate of drug-likeness (QED) is 0.804. The first-order valence-corrected chi connectivity index (χ1v) is 5.50. The molecule has 1 N–H and O–H groups in total. The molecule has 0 amide bonds. The van der Waals surface area contributed by atoms with Gasteiger partial charge in [0.05, 0.1) is 22.3 Å². The normalized spacial score (nSPS) is 12.5. The molecular formula is C9H12O3S. The van der Waals surface area contributed by atoms with Crippen molar-refractivity contribution >= 4 is 10.8 Å². The molecule has 0 aliphatic heterocycles. The van der Waals surface area contributed by atoms with E-state index in [1.54, 1.807) is 12.3 Å². The zero-order valence-electron chi connectivity index (χ0n) is 7.61. The number of benzene rings is 1. The highest BCUT2D eigenvalue weighted by Gasteiger charge is 2.07. The number of phenols is 1. The van der Waals surface area contributed by atoms with Crippen LogP contribution in [0.1, 0.15) is 6.92 Å². The van der Waals surface area contributed by atoms with Crippen molar-refractivity contribution in [1.82, 2.24) is 0 Å². The van der Waals surface area contributed by atoms with Crippen molar-refractivity contribution in [2.24, 2.45) is 0 Å². The zero-order valence-corrected chi connectivity index (χ0v) is 8.43. The third-order valence-electron chi connectivity index (χ3n) is 1.54. The number of hydrogen-bond donors (Lipinski definition) is 1. The summed E-state index contributed by atoms with van der Waals surface area (Å²) in [4.78, 5) is 0.611. The van der Waals surface area contributed by atoms with E-state index in [-0.39, 0.29) is 5.75 Å². The molecule has 3 nitrogen and oxygen atoms in total. The van der Waals surface area contributed by atoms with E-state index in [0.29, 0.717) is 17.3 Å². The van der Waals surface area contributed by atoms with Crippen LogP contribution in [0.2, 0.25) is 0 Å². The minimum Gasteiger partial charge on any atom is -0.508 e. The van der Waals surface area contributed by atoms with Gasteiger partial charge in [0.1, 0.15) is 11.5 Å². The van der Waals surface area contributed by atoms with Crippen LogP contribution in [0, 0.1) is 0 Å². The lowest BCUT2D eigenvalue weighted by Crippen LogP contribution is -1.97. The second-order valence-electron chi connectivity index (χ2n) is 2.52. The molecule has 4 heteroatoms. The van der Waals surface area contributed by atoms with E-state index in [2.05, 4.69) is 0 Å². The fourth-order valence-electron chi connectivity index (χ4n) is 1.00. The van der Waals surface area contributed by atoms with E-state index in [1.807, 2.05) is 6.92 Å². The first kappa shape index (κ1) is 10.1. The van der Waals surface area contributed by atoms with E-state index in [0.717, 1.165) is 0 Å². The van der Waals surface area contributed by atoms with E-state index in [4.69, 9.17) is 9.84 Å². The summed E-state index contributed by atoms with van der Waals surface area (Å²) in [6.45, 7) is 2.33. The van der Waals surface area contributed by atoms with E-state index >= 15 is 0 Å². The van der Waals surface area contributed by atoms with Crippen molar-refractivity contribution in [2.45, 2.75) is 11.8 Å². The van der Waals surface area contributed by atoms with E-state index in [1.165, 1.54) is 12.1 Å². The highest BCUT2D eigenvalue weighted by molar-refractivity contribution is 7.84. The molecule has 1 aromatic carbocycles. The molecule has 0 heterocycles. The lowest BCUT2D eigenvalue weighted by atomic mass is 10.3. The van der Waals surface area contributed by atoms with Crippen molar-refractivity contribution < 1.29 is 14.1 Å². The molecule has 0 radical (unpaired) electrons. The summed E-state index contributed by atoms with van der Waals surface area (Å²) in [5.41, 5.74) is 0. The topological polar surface area (TPSA) is 46.5 Å². The van der Waals surface area contributed by atoms with Crippen molar-refractivity contribution in [1.29, 1.82) is 0 Å². The molecule has 0 fully saturated rings. The van der Waals surface area contributed by atoms with Gasteiger partial charge in [0.15, 0.2) is 0 Å². The predicted molar refractivity (Wildman–Crippen MR) is 51.6 cm³/mol. The van der Waals surface area contributed by atoms with Gasteiger partial charge >= 0.3 is 0 Å². The van der Waals surface area contributed by atoms with Crippen molar-refractivity contribution in [3.05, 3.63) is 18.2 Å². The van der Waals surface area contributed by atoms with Crippen molar-refractivity contribution in [3.63, 3.8) is 0 Å². The third kappa shape index (κ3) is 2.45. The van der Waals surface area contributed by atoms with Gasteiger partial charge < -0.3 is 9.84 Å². The van der Waals surface area contributed by atoms with Crippen molar-refractivity contribution in [3.8, 4) is 11.5 Å². The first-order valence-electron chi connectivity index (χ1n) is 3.94. The molecular weight excluding hydrogens is 188 g/mol. The zero-order chi connectivity index (χ0) is 9.84. The fraction of sp³-hybridized carbons (Fsp3) is 0.333. The monoisotopic (exact) mass is 200 g/mol. The molecule has 0 saturated carbocycles. The van der Waals surface area contributed by atoms with Gasteiger partial charge in [-0.2, -0.15) is 0 Å². The van der Waals surface area contributed by atoms with Gasteiger partial charge in [-0.1, -0.05) is 0 Å². The Morgan fingerprint density at radius 2 is 2.23 bits per heavy atom. The Bertz CT molecular complexity index is 323. The number of rotatable bonds is 3. The number of phenolic OH excluding ortho intramolecular Hbond substituents is 1. The summed E-state index contributed by atoms with van der Waals surface area (Å²) in [7, 11) is -1.09. The summed E-state index contributed by atoms with van der Waals surface area (Å²) in [6.07, 6.45) is 1.58. The van der Waals surface area contributed by atoms with Crippen LogP contribution < -0.4 is 4.74 Å². The average molecular weight is 200 g/mol. The van der Waals surface area contributed by atoms with Crippen LogP contribution in [0.15, 0.2) is 23.1 Å². The van der Waals surface area contributed by atoms with Gasteiger partial charge in [-0.15, -0.1) is 0 Å². The lowest BCUT2D eigenvalue weighted by Gasteiger charge is -2.07. The van der Waals surface area contributed by atoms with Gasteiger partial charge in [0, 0.05) is 12.3 Å². The third-order valence-corrected chi connectivity index (χ3v) is 2.49. The summed E-state index contributed by atoms with van der Waals surface area (Å²) < 4.78 is 16.4. The average Bonchev–Trinajstić information content (AvgIpc) is 2.04. The molecule has 72 valence electrons. The highest BCUT2D eigenvalue weighted by Crippen LogP contribution is 2.26. The molecule has 1 aromatic rings. The Balaban J connectivity index is 3.10. The van der Waals surface area contributed by atoms with Crippen LogP contribution in [0.25, 0.3) is 0 Å². The molecule has 13 heavy (non-hydrogen) atoms. The maximum Gasteiger partial charge on any atom is 0.139 e. The molecule has 0 spiro atoms. The number of hydrogen-bond acceptors (Lipinski definition) is 3. The molecule has 0 aliphatic carbocycles. The van der Waals surface area contributed by atoms with Crippen LogP contribution in [0.3, 0.4) is 0 Å². The van der Waals surface area contributed by atoms with Crippen LogP contribution in [0.5, 0.6) is 11.5 Å². The maximum atomic E-state index is 11.2. The Morgan fingerprint density at radius 1 is 1.54 bits per heavy atom. The van der Waals surface area contributed by atoms with Crippen LogP contribution >= 0.6 is 0 Å². The molecule has 1 atom stereocenters. The molecule has 0 unspecified atom stereocenters.